The molecule has 2 amide bonds. The maximum absolute atomic E-state index is 11.8. The van der Waals surface area contributed by atoms with Crippen LogP contribution in [0.3, 0.4) is 0 Å². The van der Waals surface area contributed by atoms with E-state index >= 15 is 0 Å². The smallest absolute Gasteiger partial charge is 0.329 e. The van der Waals surface area contributed by atoms with Crippen LogP contribution in [0.5, 0.6) is 0 Å². The third-order valence-corrected chi connectivity index (χ3v) is 2.25. The number of hydrogen-bond acceptors (Lipinski definition) is 5. The molecule has 0 bridgehead atoms. The molecule has 0 aliphatic rings. The van der Waals surface area contributed by atoms with Gasteiger partial charge in [-0.05, 0) is 12.1 Å². The number of amides is 2. The van der Waals surface area contributed by atoms with Gasteiger partial charge in [0.15, 0.2) is 5.76 Å². The number of carbonyl (C=O) groups excluding carboxylic acids is 2. The minimum Gasteiger partial charge on any atom is -0.480 e. The first-order chi connectivity index (χ1) is 9.50. The van der Waals surface area contributed by atoms with Gasteiger partial charge in [-0.2, -0.15) is 0 Å². The Kier molecular flexibility index (Phi) is 6.24. The van der Waals surface area contributed by atoms with Crippen molar-refractivity contribution in [1.29, 1.82) is 0 Å². The molecule has 0 spiro atoms. The lowest BCUT2D eigenvalue weighted by Crippen LogP contribution is -2.39. The lowest BCUT2D eigenvalue weighted by Gasteiger charge is -2.15. The van der Waals surface area contributed by atoms with E-state index in [1.54, 1.807) is 6.07 Å². The third kappa shape index (κ3) is 5.53. The molecule has 1 heterocycles. The number of carboxylic acids is 1. The van der Waals surface area contributed by atoms with Crippen LogP contribution >= 0.6 is 0 Å². The monoisotopic (exact) mass is 284 g/mol. The summed E-state index contributed by atoms with van der Waals surface area (Å²) in [6.07, 6.45) is 1.38. The van der Waals surface area contributed by atoms with Gasteiger partial charge in [0.2, 0.25) is 5.91 Å². The van der Waals surface area contributed by atoms with Crippen LogP contribution in [0.2, 0.25) is 0 Å². The fraction of sp³-hybridized carbons (Fsp3) is 0.417. The van der Waals surface area contributed by atoms with Crippen molar-refractivity contribution >= 4 is 17.8 Å². The molecule has 0 aliphatic carbocycles. The molecule has 0 unspecified atom stereocenters. The molecule has 1 rings (SSSR count). The molecule has 20 heavy (non-hydrogen) atoms. The van der Waals surface area contributed by atoms with Crippen LogP contribution < -0.4 is 5.32 Å². The van der Waals surface area contributed by atoms with E-state index in [2.05, 4.69) is 5.32 Å². The Bertz CT molecular complexity index is 457. The molecule has 0 atom stereocenters. The van der Waals surface area contributed by atoms with Gasteiger partial charge in [0.25, 0.3) is 5.91 Å². The number of nitrogens with one attached hydrogen (secondary N) is 1. The zero-order valence-electron chi connectivity index (χ0n) is 11.0. The second-order valence-corrected chi connectivity index (χ2v) is 3.93. The van der Waals surface area contributed by atoms with Gasteiger partial charge in [0, 0.05) is 13.6 Å². The highest BCUT2D eigenvalue weighted by molar-refractivity contribution is 5.94. The predicted molar refractivity (Wildman–Crippen MR) is 67.1 cm³/mol. The number of rotatable bonds is 8. The molecule has 8 heteroatoms. The predicted octanol–water partition coefficient (Wildman–Crippen LogP) is -0.431. The molecule has 0 radical (unpaired) electrons. The number of carbonyl (C=O) groups is 3. The Hall–Kier alpha value is -2.35. The van der Waals surface area contributed by atoms with Crippen LogP contribution in [0.25, 0.3) is 0 Å². The molecular formula is C12H16N2O6. The van der Waals surface area contributed by atoms with Crippen molar-refractivity contribution < 1.29 is 28.6 Å². The lowest BCUT2D eigenvalue weighted by molar-refractivity contribution is -0.142. The normalized spacial score (nSPS) is 10.1. The van der Waals surface area contributed by atoms with Gasteiger partial charge in [-0.25, -0.2) is 4.79 Å². The van der Waals surface area contributed by atoms with Crippen LogP contribution in [0, 0.1) is 0 Å². The quantitative estimate of drug-likeness (QED) is 0.627. The van der Waals surface area contributed by atoms with Gasteiger partial charge in [-0.1, -0.05) is 0 Å². The summed E-state index contributed by atoms with van der Waals surface area (Å²) in [5.74, 6) is -1.68. The molecule has 0 aliphatic heterocycles. The largest absolute Gasteiger partial charge is 0.480 e. The van der Waals surface area contributed by atoms with E-state index in [4.69, 9.17) is 14.3 Å². The van der Waals surface area contributed by atoms with E-state index in [9.17, 15) is 14.4 Å². The maximum Gasteiger partial charge on any atom is 0.329 e. The van der Waals surface area contributed by atoms with E-state index in [-0.39, 0.29) is 31.4 Å². The first kappa shape index (κ1) is 15.7. The molecule has 110 valence electrons. The number of hydrogen-bond donors (Lipinski definition) is 2. The van der Waals surface area contributed by atoms with E-state index in [1.807, 2.05) is 0 Å². The van der Waals surface area contributed by atoms with Gasteiger partial charge >= 0.3 is 5.97 Å². The van der Waals surface area contributed by atoms with Crippen LogP contribution in [-0.2, 0) is 14.3 Å². The van der Waals surface area contributed by atoms with Crippen molar-refractivity contribution in [3.63, 3.8) is 0 Å². The fourth-order valence-electron chi connectivity index (χ4n) is 1.35. The Balaban J connectivity index is 2.21. The highest BCUT2D eigenvalue weighted by atomic mass is 16.5. The molecule has 0 aromatic carbocycles. The first-order valence-electron chi connectivity index (χ1n) is 5.86. The van der Waals surface area contributed by atoms with Crippen molar-refractivity contribution in [3.05, 3.63) is 24.2 Å². The van der Waals surface area contributed by atoms with E-state index < -0.39 is 18.5 Å². The van der Waals surface area contributed by atoms with Gasteiger partial charge in [-0.3, -0.25) is 9.59 Å². The summed E-state index contributed by atoms with van der Waals surface area (Å²) < 4.78 is 9.68. The van der Waals surface area contributed by atoms with Crippen LogP contribution in [-0.4, -0.2) is 61.1 Å². The second-order valence-electron chi connectivity index (χ2n) is 3.93. The van der Waals surface area contributed by atoms with Gasteiger partial charge in [0.05, 0.1) is 19.4 Å². The fourth-order valence-corrected chi connectivity index (χ4v) is 1.35. The molecular weight excluding hydrogens is 268 g/mol. The van der Waals surface area contributed by atoms with Crippen molar-refractivity contribution in [2.45, 2.75) is 0 Å². The highest BCUT2D eigenvalue weighted by Gasteiger charge is 2.16. The van der Waals surface area contributed by atoms with Crippen molar-refractivity contribution in [2.75, 3.05) is 33.4 Å². The molecule has 2 N–H and O–H groups in total. The van der Waals surface area contributed by atoms with E-state index in [1.165, 1.54) is 24.3 Å². The molecule has 1 aromatic heterocycles. The number of furan rings is 1. The van der Waals surface area contributed by atoms with E-state index in [0.717, 1.165) is 0 Å². The standard InChI is InChI=1S/C12H16N2O6/c1-14(12(18)9-3-2-5-20-9)7-10(15)13-4-6-19-8-11(16)17/h2-3,5H,4,6-8H2,1H3,(H,13,15)(H,16,17). The highest BCUT2D eigenvalue weighted by Crippen LogP contribution is 2.03. The molecule has 0 saturated carbocycles. The van der Waals surface area contributed by atoms with Crippen LogP contribution in [0.4, 0.5) is 0 Å². The topological polar surface area (TPSA) is 109 Å². The van der Waals surface area contributed by atoms with Crippen molar-refractivity contribution in [2.24, 2.45) is 0 Å². The Morgan fingerprint density at radius 3 is 2.80 bits per heavy atom. The number of aliphatic carboxylic acids is 1. The first-order valence-corrected chi connectivity index (χ1v) is 5.86. The van der Waals surface area contributed by atoms with Crippen molar-refractivity contribution in [3.8, 4) is 0 Å². The number of ether oxygens (including phenoxy) is 1. The zero-order valence-corrected chi connectivity index (χ0v) is 11.0. The van der Waals surface area contributed by atoms with Crippen LogP contribution in [0.15, 0.2) is 22.8 Å². The molecule has 0 fully saturated rings. The Labute approximate surface area is 115 Å². The Morgan fingerprint density at radius 1 is 1.45 bits per heavy atom. The number of carboxylic acid groups (broad SMARTS) is 1. The van der Waals surface area contributed by atoms with Gasteiger partial charge in [0.1, 0.15) is 6.61 Å². The summed E-state index contributed by atoms with van der Waals surface area (Å²) in [6, 6.07) is 3.09. The summed E-state index contributed by atoms with van der Waals surface area (Å²) >= 11 is 0. The number of likely N-dealkylation sites (N-methyl/N-ethyl adjacent to an activating group) is 1. The summed E-state index contributed by atoms with van der Waals surface area (Å²) in [6.45, 7) is -0.270. The minimum absolute atomic E-state index is 0.0912. The lowest BCUT2D eigenvalue weighted by atomic mass is 10.4. The summed E-state index contributed by atoms with van der Waals surface area (Å²) in [7, 11) is 1.48. The Morgan fingerprint density at radius 2 is 2.20 bits per heavy atom. The number of nitrogens with zero attached hydrogens (tertiary/aromatic N) is 1. The average Bonchev–Trinajstić information content (AvgIpc) is 2.90. The van der Waals surface area contributed by atoms with Gasteiger partial charge < -0.3 is 24.5 Å². The maximum atomic E-state index is 11.8. The summed E-state index contributed by atoms with van der Waals surface area (Å²) in [5.41, 5.74) is 0. The molecule has 0 saturated heterocycles. The average molecular weight is 284 g/mol. The van der Waals surface area contributed by atoms with E-state index in [0.29, 0.717) is 0 Å². The minimum atomic E-state index is -1.07. The SMILES string of the molecule is CN(CC(=O)NCCOCC(=O)O)C(=O)c1ccco1. The second kappa shape index (κ2) is 7.95. The molecule has 1 aromatic rings. The van der Waals surface area contributed by atoms with Gasteiger partial charge in [-0.15, -0.1) is 0 Å². The summed E-state index contributed by atoms with van der Waals surface area (Å²) in [5, 5.41) is 10.8. The van der Waals surface area contributed by atoms with Crippen LogP contribution in [0.1, 0.15) is 10.6 Å². The van der Waals surface area contributed by atoms with Crippen molar-refractivity contribution in [1.82, 2.24) is 10.2 Å². The summed E-state index contributed by atoms with van der Waals surface area (Å²) in [4.78, 5) is 34.7. The molecule has 8 nitrogen and oxygen atoms in total. The third-order valence-electron chi connectivity index (χ3n) is 2.25. The zero-order chi connectivity index (χ0) is 15.0.